The smallest absolute Gasteiger partial charge is 0.128 e. The van der Waals surface area contributed by atoms with Gasteiger partial charge in [0.25, 0.3) is 0 Å². The molecule has 3 heteroatoms. The van der Waals surface area contributed by atoms with Crippen LogP contribution < -0.4 is 5.73 Å². The second-order valence-electron chi connectivity index (χ2n) is 3.47. The minimum atomic E-state index is -0.201. The molecule has 0 aliphatic heterocycles. The first-order valence-corrected chi connectivity index (χ1v) is 4.75. The standard InChI is InChI=1S/C10H11ClFN/c11-8-2-1-3-9(12)10(8)7-4-6(7)5-13/h1-3,6-7H,4-5,13H2/t6-,7-/m0/s1. The van der Waals surface area contributed by atoms with Crippen LogP contribution in [0.5, 0.6) is 0 Å². The molecule has 1 saturated carbocycles. The van der Waals surface area contributed by atoms with E-state index in [2.05, 4.69) is 0 Å². The van der Waals surface area contributed by atoms with Crippen molar-refractivity contribution >= 4 is 11.6 Å². The van der Waals surface area contributed by atoms with Crippen molar-refractivity contribution < 1.29 is 4.39 Å². The summed E-state index contributed by atoms with van der Waals surface area (Å²) in [7, 11) is 0. The molecule has 13 heavy (non-hydrogen) atoms. The van der Waals surface area contributed by atoms with Crippen molar-refractivity contribution in [2.24, 2.45) is 11.7 Å². The van der Waals surface area contributed by atoms with Gasteiger partial charge in [0.2, 0.25) is 0 Å². The zero-order valence-corrected chi connectivity index (χ0v) is 7.89. The van der Waals surface area contributed by atoms with E-state index in [-0.39, 0.29) is 11.7 Å². The van der Waals surface area contributed by atoms with Crippen LogP contribution in [0.15, 0.2) is 18.2 Å². The molecule has 2 atom stereocenters. The van der Waals surface area contributed by atoms with Gasteiger partial charge in [-0.25, -0.2) is 4.39 Å². The fraction of sp³-hybridized carbons (Fsp3) is 0.400. The Labute approximate surface area is 81.7 Å². The molecule has 1 aliphatic rings. The average molecular weight is 200 g/mol. The average Bonchev–Trinajstić information content (AvgIpc) is 2.83. The lowest BCUT2D eigenvalue weighted by molar-refractivity contribution is 0.606. The Morgan fingerprint density at radius 1 is 1.54 bits per heavy atom. The highest BCUT2D eigenvalue weighted by Crippen LogP contribution is 2.49. The van der Waals surface area contributed by atoms with Gasteiger partial charge >= 0.3 is 0 Å². The first-order valence-electron chi connectivity index (χ1n) is 4.38. The van der Waals surface area contributed by atoms with E-state index in [0.717, 1.165) is 6.42 Å². The van der Waals surface area contributed by atoms with Gasteiger partial charge in [0.05, 0.1) is 0 Å². The molecule has 0 bridgehead atoms. The predicted octanol–water partition coefficient (Wildman–Crippen LogP) is 2.54. The van der Waals surface area contributed by atoms with Crippen LogP contribution >= 0.6 is 11.6 Å². The van der Waals surface area contributed by atoms with Crippen molar-refractivity contribution in [3.63, 3.8) is 0 Å². The van der Waals surface area contributed by atoms with Crippen molar-refractivity contribution in [1.82, 2.24) is 0 Å². The molecule has 0 saturated heterocycles. The van der Waals surface area contributed by atoms with Gasteiger partial charge in [0.1, 0.15) is 5.82 Å². The third kappa shape index (κ3) is 1.56. The molecule has 0 radical (unpaired) electrons. The lowest BCUT2D eigenvalue weighted by Crippen LogP contribution is -2.02. The number of halogens is 2. The maximum atomic E-state index is 13.3. The first-order chi connectivity index (χ1) is 6.24. The van der Waals surface area contributed by atoms with Gasteiger partial charge < -0.3 is 5.73 Å². The molecule has 1 aliphatic carbocycles. The molecule has 2 N–H and O–H groups in total. The molecule has 0 spiro atoms. The molecule has 0 aromatic heterocycles. The number of benzene rings is 1. The molecule has 1 fully saturated rings. The molecule has 1 aromatic carbocycles. The molecule has 1 aromatic rings. The molecular weight excluding hydrogens is 189 g/mol. The SMILES string of the molecule is NC[C@@H]1C[C@@H]1c1c(F)cccc1Cl. The van der Waals surface area contributed by atoms with Crippen LogP contribution in [0.1, 0.15) is 17.9 Å². The van der Waals surface area contributed by atoms with Crippen LogP contribution in [0, 0.1) is 11.7 Å². The predicted molar refractivity (Wildman–Crippen MR) is 51.3 cm³/mol. The van der Waals surface area contributed by atoms with Crippen molar-refractivity contribution in [2.75, 3.05) is 6.54 Å². The maximum Gasteiger partial charge on any atom is 0.128 e. The van der Waals surface area contributed by atoms with Crippen LogP contribution in [-0.4, -0.2) is 6.54 Å². The Morgan fingerprint density at radius 3 is 2.85 bits per heavy atom. The fourth-order valence-electron chi connectivity index (χ4n) is 1.73. The summed E-state index contributed by atoms with van der Waals surface area (Å²) in [5, 5.41) is 0.529. The number of hydrogen-bond acceptors (Lipinski definition) is 1. The number of rotatable bonds is 2. The third-order valence-corrected chi connectivity index (χ3v) is 2.93. The minimum absolute atomic E-state index is 0.201. The normalized spacial score (nSPS) is 26.1. The zero-order valence-electron chi connectivity index (χ0n) is 7.13. The summed E-state index contributed by atoms with van der Waals surface area (Å²) in [5.74, 6) is 0.474. The van der Waals surface area contributed by atoms with Gasteiger partial charge in [0.15, 0.2) is 0 Å². The molecule has 70 valence electrons. The Hall–Kier alpha value is -0.600. The number of hydrogen-bond donors (Lipinski definition) is 1. The second-order valence-corrected chi connectivity index (χ2v) is 3.88. The van der Waals surface area contributed by atoms with Crippen LogP contribution in [0.3, 0.4) is 0 Å². The Bertz CT molecular complexity index is 306. The highest BCUT2D eigenvalue weighted by atomic mass is 35.5. The van der Waals surface area contributed by atoms with Gasteiger partial charge in [-0.15, -0.1) is 0 Å². The van der Waals surface area contributed by atoms with E-state index in [4.69, 9.17) is 17.3 Å². The van der Waals surface area contributed by atoms with Crippen molar-refractivity contribution in [3.8, 4) is 0 Å². The van der Waals surface area contributed by atoms with E-state index in [0.29, 0.717) is 23.0 Å². The van der Waals surface area contributed by atoms with Crippen LogP contribution in [0.4, 0.5) is 4.39 Å². The summed E-state index contributed by atoms with van der Waals surface area (Å²) in [4.78, 5) is 0. The minimum Gasteiger partial charge on any atom is -0.330 e. The van der Waals surface area contributed by atoms with Gasteiger partial charge in [0, 0.05) is 10.6 Å². The highest BCUT2D eigenvalue weighted by molar-refractivity contribution is 6.31. The van der Waals surface area contributed by atoms with Crippen LogP contribution in [0.2, 0.25) is 5.02 Å². The van der Waals surface area contributed by atoms with Crippen molar-refractivity contribution in [1.29, 1.82) is 0 Å². The first kappa shape index (κ1) is 8.97. The Kier molecular flexibility index (Phi) is 2.26. The summed E-state index contributed by atoms with van der Waals surface area (Å²) < 4.78 is 13.3. The third-order valence-electron chi connectivity index (χ3n) is 2.60. The maximum absolute atomic E-state index is 13.3. The van der Waals surface area contributed by atoms with Crippen LogP contribution in [0.25, 0.3) is 0 Å². The van der Waals surface area contributed by atoms with E-state index in [1.807, 2.05) is 0 Å². The zero-order chi connectivity index (χ0) is 9.42. The molecule has 2 rings (SSSR count). The quantitative estimate of drug-likeness (QED) is 0.779. The van der Waals surface area contributed by atoms with Crippen molar-refractivity contribution in [3.05, 3.63) is 34.6 Å². The van der Waals surface area contributed by atoms with E-state index >= 15 is 0 Å². The van der Waals surface area contributed by atoms with Gasteiger partial charge in [-0.1, -0.05) is 17.7 Å². The molecule has 0 heterocycles. The fourth-order valence-corrected chi connectivity index (χ4v) is 2.03. The molecule has 1 nitrogen and oxygen atoms in total. The lowest BCUT2D eigenvalue weighted by Gasteiger charge is -2.03. The van der Waals surface area contributed by atoms with Crippen molar-refractivity contribution in [2.45, 2.75) is 12.3 Å². The Morgan fingerprint density at radius 2 is 2.31 bits per heavy atom. The lowest BCUT2D eigenvalue weighted by atomic mass is 10.1. The summed E-state index contributed by atoms with van der Waals surface area (Å²) in [5.41, 5.74) is 6.15. The Balaban J connectivity index is 2.30. The summed E-state index contributed by atoms with van der Waals surface area (Å²) in [6.45, 7) is 0.620. The number of nitrogens with two attached hydrogens (primary N) is 1. The molecule has 0 amide bonds. The topological polar surface area (TPSA) is 26.0 Å². The van der Waals surface area contributed by atoms with E-state index in [1.54, 1.807) is 12.1 Å². The summed E-state index contributed by atoms with van der Waals surface area (Å²) >= 11 is 5.91. The molecular formula is C10H11ClFN. The van der Waals surface area contributed by atoms with Gasteiger partial charge in [-0.3, -0.25) is 0 Å². The summed E-state index contributed by atoms with van der Waals surface area (Å²) in [6, 6.07) is 4.81. The van der Waals surface area contributed by atoms with E-state index in [9.17, 15) is 4.39 Å². The largest absolute Gasteiger partial charge is 0.330 e. The monoisotopic (exact) mass is 199 g/mol. The summed E-state index contributed by atoms with van der Waals surface area (Å²) in [6.07, 6.45) is 0.969. The van der Waals surface area contributed by atoms with Crippen LogP contribution in [-0.2, 0) is 0 Å². The van der Waals surface area contributed by atoms with Gasteiger partial charge in [-0.2, -0.15) is 0 Å². The second kappa shape index (κ2) is 3.28. The van der Waals surface area contributed by atoms with E-state index < -0.39 is 0 Å². The van der Waals surface area contributed by atoms with E-state index in [1.165, 1.54) is 6.07 Å². The highest BCUT2D eigenvalue weighted by Gasteiger charge is 2.39. The van der Waals surface area contributed by atoms with Gasteiger partial charge in [-0.05, 0) is 36.9 Å². The molecule has 0 unspecified atom stereocenters.